The molecule has 2 aromatic heterocycles. The first-order chi connectivity index (χ1) is 14.9. The smallest absolute Gasteiger partial charge is 0.311 e. The SMILES string of the molecule is Cc1ccc2nc(COC(=O)C3CCCN(C(=O)c4ccc(Cl)cc4)C3)cc(=O)n2c1. The summed E-state index contributed by atoms with van der Waals surface area (Å²) in [6.07, 6.45) is 3.08. The van der Waals surface area contributed by atoms with Gasteiger partial charge in [0.15, 0.2) is 0 Å². The zero-order valence-electron chi connectivity index (χ0n) is 17.1. The Balaban J connectivity index is 1.40. The van der Waals surface area contributed by atoms with Crippen LogP contribution in [0.4, 0.5) is 0 Å². The highest BCUT2D eigenvalue weighted by molar-refractivity contribution is 6.30. The fraction of sp³-hybridized carbons (Fsp3) is 0.304. The number of carbonyl (C=O) groups is 2. The van der Waals surface area contributed by atoms with Crippen LogP contribution < -0.4 is 5.56 Å². The number of piperidine rings is 1. The van der Waals surface area contributed by atoms with E-state index in [1.807, 2.05) is 13.0 Å². The van der Waals surface area contributed by atoms with Gasteiger partial charge in [-0.1, -0.05) is 17.7 Å². The molecular formula is C23H22ClN3O4. The maximum atomic E-state index is 12.7. The van der Waals surface area contributed by atoms with Crippen LogP contribution in [0.5, 0.6) is 0 Å². The molecule has 31 heavy (non-hydrogen) atoms. The lowest BCUT2D eigenvalue weighted by atomic mass is 9.97. The number of amides is 1. The van der Waals surface area contributed by atoms with Crippen molar-refractivity contribution >= 4 is 29.1 Å². The largest absolute Gasteiger partial charge is 0.459 e. The van der Waals surface area contributed by atoms with E-state index in [2.05, 4.69) is 4.98 Å². The van der Waals surface area contributed by atoms with E-state index in [0.717, 1.165) is 5.56 Å². The Bertz CT molecular complexity index is 1190. The highest BCUT2D eigenvalue weighted by Gasteiger charge is 2.30. The summed E-state index contributed by atoms with van der Waals surface area (Å²) in [5.74, 6) is -0.928. The predicted octanol–water partition coefficient (Wildman–Crippen LogP) is 3.25. The van der Waals surface area contributed by atoms with Crippen molar-refractivity contribution in [2.45, 2.75) is 26.4 Å². The Morgan fingerprint density at radius 3 is 2.74 bits per heavy atom. The topological polar surface area (TPSA) is 81.0 Å². The molecule has 160 valence electrons. The Morgan fingerprint density at radius 2 is 1.97 bits per heavy atom. The van der Waals surface area contributed by atoms with E-state index in [-0.39, 0.29) is 24.0 Å². The van der Waals surface area contributed by atoms with E-state index in [9.17, 15) is 14.4 Å². The van der Waals surface area contributed by atoms with Gasteiger partial charge in [0.2, 0.25) is 0 Å². The summed E-state index contributed by atoms with van der Waals surface area (Å²) in [7, 11) is 0. The molecule has 1 atom stereocenters. The van der Waals surface area contributed by atoms with Crippen molar-refractivity contribution in [2.24, 2.45) is 5.92 Å². The molecule has 0 aliphatic carbocycles. The monoisotopic (exact) mass is 439 g/mol. The van der Waals surface area contributed by atoms with Crippen LogP contribution in [0.25, 0.3) is 5.65 Å². The fourth-order valence-electron chi connectivity index (χ4n) is 3.72. The van der Waals surface area contributed by atoms with Crippen LogP contribution >= 0.6 is 11.6 Å². The van der Waals surface area contributed by atoms with Crippen molar-refractivity contribution in [1.29, 1.82) is 0 Å². The Morgan fingerprint density at radius 1 is 1.19 bits per heavy atom. The lowest BCUT2D eigenvalue weighted by molar-refractivity contribution is -0.151. The number of pyridine rings is 1. The van der Waals surface area contributed by atoms with Gasteiger partial charge in [0.25, 0.3) is 11.5 Å². The van der Waals surface area contributed by atoms with Crippen molar-refractivity contribution in [3.63, 3.8) is 0 Å². The Hall–Kier alpha value is -3.19. The van der Waals surface area contributed by atoms with Gasteiger partial charge in [-0.05, 0) is 55.7 Å². The van der Waals surface area contributed by atoms with Crippen LogP contribution in [0.3, 0.4) is 0 Å². The third-order valence-corrected chi connectivity index (χ3v) is 5.61. The number of ether oxygens (including phenoxy) is 1. The summed E-state index contributed by atoms with van der Waals surface area (Å²) in [6.45, 7) is 2.70. The summed E-state index contributed by atoms with van der Waals surface area (Å²) in [5, 5.41) is 0.564. The summed E-state index contributed by atoms with van der Waals surface area (Å²) in [6, 6.07) is 11.7. The number of esters is 1. The number of hydrogen-bond donors (Lipinski definition) is 0. The van der Waals surface area contributed by atoms with E-state index in [0.29, 0.717) is 47.9 Å². The number of hydrogen-bond acceptors (Lipinski definition) is 5. The second kappa shape index (κ2) is 8.89. The molecule has 1 aliphatic rings. The normalized spacial score (nSPS) is 16.3. The van der Waals surface area contributed by atoms with Gasteiger partial charge in [-0.25, -0.2) is 4.98 Å². The van der Waals surface area contributed by atoms with Gasteiger partial charge in [-0.2, -0.15) is 0 Å². The van der Waals surface area contributed by atoms with E-state index < -0.39 is 5.92 Å². The molecule has 1 aliphatic heterocycles. The van der Waals surface area contributed by atoms with Crippen molar-refractivity contribution < 1.29 is 14.3 Å². The van der Waals surface area contributed by atoms with Crippen LogP contribution in [-0.2, 0) is 16.1 Å². The van der Waals surface area contributed by atoms with Gasteiger partial charge >= 0.3 is 5.97 Å². The van der Waals surface area contributed by atoms with Gasteiger partial charge in [0, 0.05) is 35.9 Å². The maximum absolute atomic E-state index is 12.7. The van der Waals surface area contributed by atoms with Crippen molar-refractivity contribution in [3.8, 4) is 0 Å². The highest BCUT2D eigenvalue weighted by Crippen LogP contribution is 2.21. The molecule has 8 heteroatoms. The summed E-state index contributed by atoms with van der Waals surface area (Å²) in [5.41, 5.74) is 2.16. The lowest BCUT2D eigenvalue weighted by Gasteiger charge is -2.31. The van der Waals surface area contributed by atoms with E-state index in [4.69, 9.17) is 16.3 Å². The standard InChI is InChI=1S/C23H22ClN3O4/c1-15-4-9-20-25-19(11-21(28)27(20)12-15)14-31-23(30)17-3-2-10-26(13-17)22(29)16-5-7-18(24)8-6-16/h4-9,11-12,17H,2-3,10,13-14H2,1H3. The van der Waals surface area contributed by atoms with Gasteiger partial charge in [-0.3, -0.25) is 18.8 Å². The summed E-state index contributed by atoms with van der Waals surface area (Å²) >= 11 is 5.89. The summed E-state index contributed by atoms with van der Waals surface area (Å²) < 4.78 is 6.90. The number of nitrogens with zero attached hydrogens (tertiary/aromatic N) is 3. The van der Waals surface area contributed by atoms with Crippen LogP contribution in [0.15, 0.2) is 53.5 Å². The van der Waals surface area contributed by atoms with Gasteiger partial charge in [-0.15, -0.1) is 0 Å². The summed E-state index contributed by atoms with van der Waals surface area (Å²) in [4.78, 5) is 43.7. The molecule has 1 fully saturated rings. The number of halogens is 1. The molecule has 3 heterocycles. The highest BCUT2D eigenvalue weighted by atomic mass is 35.5. The predicted molar refractivity (Wildman–Crippen MR) is 116 cm³/mol. The molecule has 0 spiro atoms. The Labute approximate surface area is 184 Å². The van der Waals surface area contributed by atoms with Crippen LogP contribution in [-0.4, -0.2) is 39.3 Å². The number of likely N-dealkylation sites (tertiary alicyclic amines) is 1. The van der Waals surface area contributed by atoms with Gasteiger partial charge < -0.3 is 9.64 Å². The molecule has 7 nitrogen and oxygen atoms in total. The third kappa shape index (κ3) is 4.77. The van der Waals surface area contributed by atoms with Crippen LogP contribution in [0.2, 0.25) is 5.02 Å². The molecule has 0 saturated carbocycles. The second-order valence-electron chi connectivity index (χ2n) is 7.73. The number of carbonyl (C=O) groups excluding carboxylic acids is 2. The minimum Gasteiger partial charge on any atom is -0.459 e. The fourth-order valence-corrected chi connectivity index (χ4v) is 3.85. The van der Waals surface area contributed by atoms with E-state index in [1.165, 1.54) is 10.5 Å². The average Bonchev–Trinajstić information content (AvgIpc) is 2.78. The first-order valence-electron chi connectivity index (χ1n) is 10.1. The molecule has 1 unspecified atom stereocenters. The molecule has 0 radical (unpaired) electrons. The molecular weight excluding hydrogens is 418 g/mol. The number of fused-ring (bicyclic) bond motifs is 1. The molecule has 1 amide bonds. The number of rotatable bonds is 4. The maximum Gasteiger partial charge on any atom is 0.311 e. The van der Waals surface area contributed by atoms with Crippen molar-refractivity contribution in [2.75, 3.05) is 13.1 Å². The molecule has 1 aromatic carbocycles. The Kier molecular flexibility index (Phi) is 6.04. The quantitative estimate of drug-likeness (QED) is 0.583. The molecule has 0 bridgehead atoms. The van der Waals surface area contributed by atoms with Crippen LogP contribution in [0, 0.1) is 12.8 Å². The molecule has 0 N–H and O–H groups in total. The first kappa shape index (κ1) is 21.1. The second-order valence-corrected chi connectivity index (χ2v) is 8.16. The zero-order valence-corrected chi connectivity index (χ0v) is 17.8. The zero-order chi connectivity index (χ0) is 22.0. The number of benzene rings is 1. The third-order valence-electron chi connectivity index (χ3n) is 5.36. The van der Waals surface area contributed by atoms with Crippen LogP contribution in [0.1, 0.15) is 34.5 Å². The number of aromatic nitrogens is 2. The van der Waals surface area contributed by atoms with Crippen molar-refractivity contribution in [1.82, 2.24) is 14.3 Å². The minimum atomic E-state index is -0.408. The lowest BCUT2D eigenvalue weighted by Crippen LogP contribution is -2.42. The van der Waals surface area contributed by atoms with Gasteiger partial charge in [0.1, 0.15) is 12.3 Å². The first-order valence-corrected chi connectivity index (χ1v) is 10.5. The average molecular weight is 440 g/mol. The number of aryl methyl sites for hydroxylation is 1. The van der Waals surface area contributed by atoms with E-state index in [1.54, 1.807) is 41.4 Å². The van der Waals surface area contributed by atoms with E-state index >= 15 is 0 Å². The molecule has 3 aromatic rings. The molecule has 4 rings (SSSR count). The van der Waals surface area contributed by atoms with Gasteiger partial charge in [0.05, 0.1) is 11.6 Å². The van der Waals surface area contributed by atoms with Crippen molar-refractivity contribution in [3.05, 3.63) is 80.9 Å². The minimum absolute atomic E-state index is 0.0833. The molecule has 1 saturated heterocycles.